The molecule has 0 saturated heterocycles. The Morgan fingerprint density at radius 3 is 2.87 bits per heavy atom. The summed E-state index contributed by atoms with van der Waals surface area (Å²) >= 11 is 0. The number of pyridine rings is 1. The van der Waals surface area contributed by atoms with Crippen LogP contribution in [0.3, 0.4) is 0 Å². The van der Waals surface area contributed by atoms with Gasteiger partial charge in [-0.25, -0.2) is 4.98 Å². The van der Waals surface area contributed by atoms with Gasteiger partial charge in [0.1, 0.15) is 11.9 Å². The predicted octanol–water partition coefficient (Wildman–Crippen LogP) is 1.49. The van der Waals surface area contributed by atoms with Crippen LogP contribution in [0.1, 0.15) is 25.3 Å². The third-order valence-corrected chi connectivity index (χ3v) is 2.03. The molecule has 1 unspecified atom stereocenters. The zero-order valence-electron chi connectivity index (χ0n) is 9.03. The molecular formula is C11H16N2O2. The van der Waals surface area contributed by atoms with E-state index in [0.29, 0.717) is 12.2 Å². The highest BCUT2D eigenvalue weighted by atomic mass is 16.3. The van der Waals surface area contributed by atoms with Gasteiger partial charge in [0.25, 0.3) is 5.91 Å². The normalized spacial score (nSPS) is 12.2. The van der Waals surface area contributed by atoms with Crippen LogP contribution in [0, 0.1) is 6.92 Å². The summed E-state index contributed by atoms with van der Waals surface area (Å²) < 4.78 is 0. The lowest BCUT2D eigenvalue weighted by atomic mass is 10.2. The molecule has 0 aliphatic rings. The van der Waals surface area contributed by atoms with Crippen molar-refractivity contribution in [2.45, 2.75) is 32.8 Å². The van der Waals surface area contributed by atoms with Crippen LogP contribution in [0.25, 0.3) is 0 Å². The minimum Gasteiger partial charge on any atom is -0.383 e. The summed E-state index contributed by atoms with van der Waals surface area (Å²) in [5, 5.41) is 11.9. The fourth-order valence-corrected chi connectivity index (χ4v) is 1.16. The van der Waals surface area contributed by atoms with E-state index in [-0.39, 0.29) is 0 Å². The zero-order chi connectivity index (χ0) is 11.3. The van der Waals surface area contributed by atoms with E-state index in [0.717, 1.165) is 12.0 Å². The van der Waals surface area contributed by atoms with Gasteiger partial charge in [-0.1, -0.05) is 19.4 Å². The molecule has 0 fully saturated rings. The van der Waals surface area contributed by atoms with E-state index in [9.17, 15) is 9.90 Å². The maximum absolute atomic E-state index is 11.4. The summed E-state index contributed by atoms with van der Waals surface area (Å²) in [6.07, 6.45) is 1.97. The molecule has 82 valence electrons. The molecule has 0 spiro atoms. The van der Waals surface area contributed by atoms with Crippen LogP contribution in [0.2, 0.25) is 0 Å². The number of carbonyl (C=O) groups is 1. The number of aryl methyl sites for hydroxylation is 1. The number of amides is 1. The number of hydrogen-bond donors (Lipinski definition) is 2. The van der Waals surface area contributed by atoms with Crippen molar-refractivity contribution in [3.8, 4) is 0 Å². The van der Waals surface area contributed by atoms with Crippen LogP contribution < -0.4 is 5.32 Å². The Morgan fingerprint density at radius 2 is 2.33 bits per heavy atom. The van der Waals surface area contributed by atoms with Gasteiger partial charge >= 0.3 is 0 Å². The molecule has 1 aromatic rings. The third kappa shape index (κ3) is 3.67. The summed E-state index contributed by atoms with van der Waals surface area (Å²) in [7, 11) is 0. The van der Waals surface area contributed by atoms with E-state index < -0.39 is 12.0 Å². The minimum atomic E-state index is -0.946. The van der Waals surface area contributed by atoms with Gasteiger partial charge in [-0.2, -0.15) is 0 Å². The number of aliphatic hydroxyl groups excluding tert-OH is 1. The molecule has 1 amide bonds. The maximum Gasteiger partial charge on any atom is 0.254 e. The number of aromatic nitrogens is 1. The first-order chi connectivity index (χ1) is 7.13. The van der Waals surface area contributed by atoms with Gasteiger partial charge in [0.15, 0.2) is 0 Å². The van der Waals surface area contributed by atoms with Crippen molar-refractivity contribution in [2.24, 2.45) is 0 Å². The summed E-state index contributed by atoms with van der Waals surface area (Å²) in [5.74, 6) is 0.0777. The first-order valence-electron chi connectivity index (χ1n) is 5.05. The number of aliphatic hydroxyl groups is 1. The number of nitrogens with zero attached hydrogens (tertiary/aromatic N) is 1. The Kier molecular flexibility index (Phi) is 4.24. The van der Waals surface area contributed by atoms with E-state index in [2.05, 4.69) is 10.3 Å². The van der Waals surface area contributed by atoms with Crippen molar-refractivity contribution in [3.63, 3.8) is 0 Å². The minimum absolute atomic E-state index is 0.395. The number of hydrogen-bond acceptors (Lipinski definition) is 3. The molecule has 1 rings (SSSR count). The molecule has 0 radical (unpaired) electrons. The quantitative estimate of drug-likeness (QED) is 0.788. The number of rotatable bonds is 4. The van der Waals surface area contributed by atoms with Gasteiger partial charge in [-0.3, -0.25) is 4.79 Å². The second-order valence-electron chi connectivity index (χ2n) is 3.51. The molecule has 0 aliphatic heterocycles. The van der Waals surface area contributed by atoms with Gasteiger partial charge in [-0.15, -0.1) is 0 Å². The highest BCUT2D eigenvalue weighted by Crippen LogP contribution is 2.05. The summed E-state index contributed by atoms with van der Waals surface area (Å²) in [5.41, 5.74) is 1.03. The van der Waals surface area contributed by atoms with Crippen molar-refractivity contribution < 1.29 is 9.90 Å². The summed E-state index contributed by atoms with van der Waals surface area (Å²) in [6, 6.07) is 3.57. The Morgan fingerprint density at radius 1 is 1.60 bits per heavy atom. The summed E-state index contributed by atoms with van der Waals surface area (Å²) in [4.78, 5) is 15.4. The van der Waals surface area contributed by atoms with Crippen LogP contribution in [0.5, 0.6) is 0 Å². The lowest BCUT2D eigenvalue weighted by molar-refractivity contribution is -0.124. The van der Waals surface area contributed by atoms with Crippen LogP contribution in [-0.2, 0) is 4.79 Å². The monoisotopic (exact) mass is 208 g/mol. The average Bonchev–Trinajstić information content (AvgIpc) is 2.22. The zero-order valence-corrected chi connectivity index (χ0v) is 9.03. The van der Waals surface area contributed by atoms with Crippen molar-refractivity contribution >= 4 is 11.7 Å². The number of anilines is 1. The average molecular weight is 208 g/mol. The smallest absolute Gasteiger partial charge is 0.254 e. The van der Waals surface area contributed by atoms with E-state index in [1.54, 1.807) is 12.3 Å². The molecule has 4 nitrogen and oxygen atoms in total. The molecule has 0 saturated carbocycles. The Balaban J connectivity index is 2.54. The second-order valence-corrected chi connectivity index (χ2v) is 3.51. The van der Waals surface area contributed by atoms with E-state index in [4.69, 9.17) is 0 Å². The molecule has 1 atom stereocenters. The first-order valence-corrected chi connectivity index (χ1v) is 5.05. The molecule has 0 aromatic carbocycles. The van der Waals surface area contributed by atoms with Gasteiger partial charge in [-0.05, 0) is 25.0 Å². The van der Waals surface area contributed by atoms with Crippen LogP contribution in [0.4, 0.5) is 5.82 Å². The largest absolute Gasteiger partial charge is 0.383 e. The van der Waals surface area contributed by atoms with E-state index in [1.165, 1.54) is 0 Å². The second kappa shape index (κ2) is 5.46. The SMILES string of the molecule is CCCC(O)C(=O)Nc1ccc(C)cn1. The Hall–Kier alpha value is -1.42. The van der Waals surface area contributed by atoms with E-state index in [1.807, 2.05) is 19.9 Å². The highest BCUT2D eigenvalue weighted by Gasteiger charge is 2.13. The molecule has 2 N–H and O–H groups in total. The van der Waals surface area contributed by atoms with Crippen LogP contribution >= 0.6 is 0 Å². The lowest BCUT2D eigenvalue weighted by Gasteiger charge is -2.09. The molecule has 1 aromatic heterocycles. The standard InChI is InChI=1S/C11H16N2O2/c1-3-4-9(14)11(15)13-10-6-5-8(2)7-12-10/h5-7,9,14H,3-4H2,1-2H3,(H,12,13,15). The highest BCUT2D eigenvalue weighted by molar-refractivity contribution is 5.93. The van der Waals surface area contributed by atoms with Crippen LogP contribution in [-0.4, -0.2) is 22.1 Å². The lowest BCUT2D eigenvalue weighted by Crippen LogP contribution is -2.27. The Bertz CT molecular complexity index is 322. The van der Waals surface area contributed by atoms with Gasteiger partial charge in [0.05, 0.1) is 0 Å². The van der Waals surface area contributed by atoms with Gasteiger partial charge in [0.2, 0.25) is 0 Å². The molecular weight excluding hydrogens is 192 g/mol. The van der Waals surface area contributed by atoms with Gasteiger partial charge < -0.3 is 10.4 Å². The molecule has 0 aliphatic carbocycles. The number of carbonyl (C=O) groups excluding carboxylic acids is 1. The third-order valence-electron chi connectivity index (χ3n) is 2.03. The fraction of sp³-hybridized carbons (Fsp3) is 0.455. The van der Waals surface area contributed by atoms with Crippen molar-refractivity contribution in [2.75, 3.05) is 5.32 Å². The number of nitrogens with one attached hydrogen (secondary N) is 1. The maximum atomic E-state index is 11.4. The molecule has 1 heterocycles. The van der Waals surface area contributed by atoms with Crippen molar-refractivity contribution in [1.82, 2.24) is 4.98 Å². The fourth-order valence-electron chi connectivity index (χ4n) is 1.16. The summed E-state index contributed by atoms with van der Waals surface area (Å²) in [6.45, 7) is 3.84. The van der Waals surface area contributed by atoms with Crippen LogP contribution in [0.15, 0.2) is 18.3 Å². The first kappa shape index (κ1) is 11.7. The molecule has 15 heavy (non-hydrogen) atoms. The molecule has 4 heteroatoms. The van der Waals surface area contributed by atoms with Crippen molar-refractivity contribution in [1.29, 1.82) is 0 Å². The van der Waals surface area contributed by atoms with E-state index >= 15 is 0 Å². The predicted molar refractivity (Wildman–Crippen MR) is 58.5 cm³/mol. The Labute approximate surface area is 89.3 Å². The topological polar surface area (TPSA) is 62.2 Å². The van der Waals surface area contributed by atoms with Crippen molar-refractivity contribution in [3.05, 3.63) is 23.9 Å². The van der Waals surface area contributed by atoms with Gasteiger partial charge in [0, 0.05) is 6.20 Å². The molecule has 0 bridgehead atoms.